The van der Waals surface area contributed by atoms with Gasteiger partial charge in [0.25, 0.3) is 5.91 Å². The molecule has 3 heteroatoms. The van der Waals surface area contributed by atoms with Crippen molar-refractivity contribution in [2.45, 2.75) is 25.4 Å². The fourth-order valence-electron chi connectivity index (χ4n) is 3.78. The van der Waals surface area contributed by atoms with Gasteiger partial charge in [0.1, 0.15) is 6.17 Å². The van der Waals surface area contributed by atoms with Crippen LogP contribution in [0.3, 0.4) is 0 Å². The largest absolute Gasteiger partial charge is 0.364 e. The Kier molecular flexibility index (Phi) is 4.93. The fourth-order valence-corrected chi connectivity index (χ4v) is 3.78. The number of hydrogen-bond donors (Lipinski definition) is 1. The van der Waals surface area contributed by atoms with Crippen LogP contribution in [0.15, 0.2) is 84.9 Å². The monoisotopic (exact) mass is 356 g/mol. The molecule has 0 aromatic heterocycles. The summed E-state index contributed by atoms with van der Waals surface area (Å²) < 4.78 is 0. The van der Waals surface area contributed by atoms with E-state index in [1.54, 1.807) is 0 Å². The van der Waals surface area contributed by atoms with E-state index < -0.39 is 0 Å². The summed E-state index contributed by atoms with van der Waals surface area (Å²) in [6.07, 6.45) is 0.771. The minimum Gasteiger partial charge on any atom is -0.364 e. The topological polar surface area (TPSA) is 32.3 Å². The van der Waals surface area contributed by atoms with Crippen LogP contribution in [-0.2, 0) is 6.42 Å². The van der Waals surface area contributed by atoms with Crippen LogP contribution in [0.1, 0.15) is 34.3 Å². The van der Waals surface area contributed by atoms with Crippen LogP contribution in [0, 0.1) is 0 Å². The molecule has 0 fully saturated rings. The molecule has 3 aromatic rings. The van der Waals surface area contributed by atoms with Crippen molar-refractivity contribution in [2.24, 2.45) is 0 Å². The second-order valence-electron chi connectivity index (χ2n) is 7.07. The second kappa shape index (κ2) is 7.67. The van der Waals surface area contributed by atoms with E-state index in [4.69, 9.17) is 0 Å². The van der Waals surface area contributed by atoms with Crippen LogP contribution in [0.25, 0.3) is 0 Å². The molecule has 0 bridgehead atoms. The molecule has 0 saturated carbocycles. The molecule has 2 atom stereocenters. The van der Waals surface area contributed by atoms with Crippen molar-refractivity contribution in [3.63, 3.8) is 0 Å². The number of anilines is 1. The van der Waals surface area contributed by atoms with Gasteiger partial charge in [0.15, 0.2) is 0 Å². The molecule has 1 amide bonds. The van der Waals surface area contributed by atoms with Gasteiger partial charge in [-0.05, 0) is 29.7 Å². The number of nitrogens with zero attached hydrogens (tertiary/aromatic N) is 1. The minimum atomic E-state index is -0.0708. The van der Waals surface area contributed by atoms with Crippen LogP contribution in [-0.4, -0.2) is 23.5 Å². The van der Waals surface area contributed by atoms with E-state index >= 15 is 0 Å². The predicted molar refractivity (Wildman–Crippen MR) is 110 cm³/mol. The second-order valence-corrected chi connectivity index (χ2v) is 7.07. The van der Waals surface area contributed by atoms with Crippen molar-refractivity contribution in [3.8, 4) is 0 Å². The Hall–Kier alpha value is -3.07. The van der Waals surface area contributed by atoms with Gasteiger partial charge in [0, 0.05) is 18.2 Å². The molecular weight excluding hydrogens is 332 g/mol. The molecule has 0 aliphatic carbocycles. The maximum atomic E-state index is 13.3. The number of fused-ring (bicyclic) bond motifs is 1. The smallest absolute Gasteiger partial charge is 0.257 e. The number of hydrogen-bond acceptors (Lipinski definition) is 2. The number of benzene rings is 3. The molecule has 3 nitrogen and oxygen atoms in total. The highest BCUT2D eigenvalue weighted by atomic mass is 16.2. The Labute approximate surface area is 160 Å². The van der Waals surface area contributed by atoms with Gasteiger partial charge in [0.2, 0.25) is 0 Å². The van der Waals surface area contributed by atoms with Gasteiger partial charge >= 0.3 is 0 Å². The van der Waals surface area contributed by atoms with Crippen LogP contribution >= 0.6 is 0 Å². The first-order chi connectivity index (χ1) is 13.2. The Bertz CT molecular complexity index is 908. The Morgan fingerprint density at radius 2 is 1.52 bits per heavy atom. The van der Waals surface area contributed by atoms with Crippen molar-refractivity contribution in [1.29, 1.82) is 0 Å². The molecule has 27 heavy (non-hydrogen) atoms. The number of rotatable bonds is 5. The van der Waals surface area contributed by atoms with E-state index in [-0.39, 0.29) is 18.0 Å². The lowest BCUT2D eigenvalue weighted by Crippen LogP contribution is -2.52. The number of carbonyl (C=O) groups is 1. The third-order valence-electron chi connectivity index (χ3n) is 5.34. The first-order valence-corrected chi connectivity index (χ1v) is 9.49. The average molecular weight is 356 g/mol. The molecule has 3 aromatic carbocycles. The lowest BCUT2D eigenvalue weighted by atomic mass is 9.93. The minimum absolute atomic E-state index is 0.0708. The first-order valence-electron chi connectivity index (χ1n) is 9.49. The first kappa shape index (κ1) is 17.3. The van der Waals surface area contributed by atoms with E-state index in [1.807, 2.05) is 53.4 Å². The SMILES string of the molecule is C[C@@H](c1ccccc1)[C@H]1Nc2ccccc2C(=O)N1CCc1ccccc1. The predicted octanol–water partition coefficient (Wildman–Crippen LogP) is 4.93. The molecule has 0 saturated heterocycles. The summed E-state index contributed by atoms with van der Waals surface area (Å²) in [5.41, 5.74) is 4.15. The molecular formula is C24H24N2O. The van der Waals surface area contributed by atoms with Gasteiger partial charge in [-0.2, -0.15) is 0 Å². The van der Waals surface area contributed by atoms with Gasteiger partial charge in [-0.25, -0.2) is 0 Å². The zero-order valence-corrected chi connectivity index (χ0v) is 15.5. The van der Waals surface area contributed by atoms with Gasteiger partial charge in [-0.3, -0.25) is 4.79 Å². The molecule has 0 spiro atoms. The number of nitrogens with one attached hydrogen (secondary N) is 1. The summed E-state index contributed by atoms with van der Waals surface area (Å²) in [6, 6.07) is 28.5. The molecule has 1 heterocycles. The van der Waals surface area contributed by atoms with Crippen LogP contribution in [0.4, 0.5) is 5.69 Å². The van der Waals surface area contributed by atoms with Gasteiger partial charge in [-0.1, -0.05) is 79.7 Å². The molecule has 0 radical (unpaired) electrons. The van der Waals surface area contributed by atoms with Crippen LogP contribution in [0.2, 0.25) is 0 Å². The maximum absolute atomic E-state index is 13.3. The quantitative estimate of drug-likeness (QED) is 0.703. The van der Waals surface area contributed by atoms with Gasteiger partial charge in [-0.15, -0.1) is 0 Å². The summed E-state index contributed by atoms with van der Waals surface area (Å²) in [5, 5.41) is 3.62. The van der Waals surface area contributed by atoms with Crippen molar-refractivity contribution in [3.05, 3.63) is 102 Å². The fraction of sp³-hybridized carbons (Fsp3) is 0.208. The normalized spacial score (nSPS) is 17.1. The van der Waals surface area contributed by atoms with E-state index in [0.717, 1.165) is 17.7 Å². The third-order valence-corrected chi connectivity index (χ3v) is 5.34. The number of amides is 1. The van der Waals surface area contributed by atoms with Crippen molar-refractivity contribution < 1.29 is 4.79 Å². The maximum Gasteiger partial charge on any atom is 0.257 e. The number of carbonyl (C=O) groups excluding carboxylic acids is 1. The lowest BCUT2D eigenvalue weighted by molar-refractivity contribution is 0.0666. The van der Waals surface area contributed by atoms with E-state index in [9.17, 15) is 4.79 Å². The van der Waals surface area contributed by atoms with Gasteiger partial charge < -0.3 is 10.2 Å². The summed E-state index contributed by atoms with van der Waals surface area (Å²) >= 11 is 0. The summed E-state index contributed by atoms with van der Waals surface area (Å²) in [6.45, 7) is 2.87. The molecule has 136 valence electrons. The number of para-hydroxylation sites is 1. The van der Waals surface area contributed by atoms with Crippen molar-refractivity contribution >= 4 is 11.6 Å². The lowest BCUT2D eigenvalue weighted by Gasteiger charge is -2.41. The molecule has 4 rings (SSSR count). The molecule has 1 aliphatic heterocycles. The summed E-state index contributed by atoms with van der Waals surface area (Å²) in [4.78, 5) is 15.3. The highest BCUT2D eigenvalue weighted by Gasteiger charge is 2.35. The summed E-state index contributed by atoms with van der Waals surface area (Å²) in [5.74, 6) is 0.285. The van der Waals surface area contributed by atoms with Crippen LogP contribution in [0.5, 0.6) is 0 Å². The Morgan fingerprint density at radius 1 is 0.889 bits per heavy atom. The Balaban J connectivity index is 1.64. The third kappa shape index (κ3) is 3.59. The highest BCUT2D eigenvalue weighted by molar-refractivity contribution is 6.01. The van der Waals surface area contributed by atoms with Gasteiger partial charge in [0.05, 0.1) is 5.56 Å². The zero-order valence-electron chi connectivity index (χ0n) is 15.5. The molecule has 0 unspecified atom stereocenters. The highest BCUT2D eigenvalue weighted by Crippen LogP contribution is 2.32. The summed E-state index contributed by atoms with van der Waals surface area (Å²) in [7, 11) is 0. The van der Waals surface area contributed by atoms with E-state index in [0.29, 0.717) is 6.54 Å². The van der Waals surface area contributed by atoms with Crippen molar-refractivity contribution in [1.82, 2.24) is 4.90 Å². The van der Waals surface area contributed by atoms with E-state index in [1.165, 1.54) is 11.1 Å². The average Bonchev–Trinajstić information content (AvgIpc) is 2.74. The zero-order chi connectivity index (χ0) is 18.6. The molecule has 1 aliphatic rings. The van der Waals surface area contributed by atoms with Crippen molar-refractivity contribution in [2.75, 3.05) is 11.9 Å². The standard InChI is InChI=1S/C24H24N2O/c1-18(20-12-6-3-7-13-20)23-25-22-15-9-8-14-21(22)24(27)26(23)17-16-19-10-4-2-5-11-19/h2-15,18,23,25H,16-17H2,1H3/t18-,23-/m0/s1. The molecule has 1 N–H and O–H groups in total. The van der Waals surface area contributed by atoms with E-state index in [2.05, 4.69) is 48.6 Å². The Morgan fingerprint density at radius 3 is 2.26 bits per heavy atom. The van der Waals surface area contributed by atoms with Crippen LogP contribution < -0.4 is 5.32 Å².